The highest BCUT2D eigenvalue weighted by Gasteiger charge is 2.20. The Hall–Kier alpha value is -2.94. The Morgan fingerprint density at radius 2 is 1.65 bits per heavy atom. The summed E-state index contributed by atoms with van der Waals surface area (Å²) in [5, 5.41) is 5.47. The molecule has 0 aliphatic heterocycles. The molecule has 1 aliphatic carbocycles. The monoisotopic (exact) mass is 490 g/mol. The lowest BCUT2D eigenvalue weighted by Crippen LogP contribution is -2.36. The van der Waals surface area contributed by atoms with Crippen LogP contribution in [0.25, 0.3) is 0 Å². The number of carbonyl (C=O) groups excluding carboxylic acids is 3. The summed E-state index contributed by atoms with van der Waals surface area (Å²) >= 11 is 1.21. The molecule has 0 atom stereocenters. The van der Waals surface area contributed by atoms with Crippen molar-refractivity contribution < 1.29 is 27.9 Å². The zero-order valence-electron chi connectivity index (χ0n) is 19.0. The molecule has 2 amide bonds. The van der Waals surface area contributed by atoms with Crippen molar-refractivity contribution in [2.24, 2.45) is 0 Å². The van der Waals surface area contributed by atoms with Crippen LogP contribution in [0, 0.1) is 11.6 Å². The van der Waals surface area contributed by atoms with Gasteiger partial charge in [-0.3, -0.25) is 9.59 Å². The van der Waals surface area contributed by atoms with Crippen molar-refractivity contribution in [1.29, 1.82) is 0 Å². The van der Waals surface area contributed by atoms with Crippen molar-refractivity contribution in [2.45, 2.75) is 55.9 Å². The van der Waals surface area contributed by atoms with Crippen LogP contribution >= 0.6 is 11.8 Å². The van der Waals surface area contributed by atoms with E-state index in [2.05, 4.69) is 15.4 Å². The molecular weight excluding hydrogens is 462 g/mol. The average Bonchev–Trinajstić information content (AvgIpc) is 2.80. The van der Waals surface area contributed by atoms with Gasteiger partial charge in [-0.25, -0.2) is 13.6 Å². The molecule has 0 bridgehead atoms. The Bertz CT molecular complexity index is 1040. The highest BCUT2D eigenvalue weighted by Crippen LogP contribution is 2.26. The molecular formula is C25H28F2N2O4S. The van der Waals surface area contributed by atoms with Crippen molar-refractivity contribution in [3.8, 4) is 0 Å². The predicted octanol–water partition coefficient (Wildman–Crippen LogP) is 5.32. The molecule has 34 heavy (non-hydrogen) atoms. The number of amides is 2. The maximum absolute atomic E-state index is 14.2. The number of esters is 1. The Morgan fingerprint density at radius 3 is 2.35 bits per heavy atom. The smallest absolute Gasteiger partial charge is 0.340 e. The van der Waals surface area contributed by atoms with Crippen LogP contribution < -0.4 is 10.6 Å². The quantitative estimate of drug-likeness (QED) is 0.405. The second-order valence-electron chi connectivity index (χ2n) is 8.15. The van der Waals surface area contributed by atoms with Crippen molar-refractivity contribution >= 4 is 35.2 Å². The zero-order chi connectivity index (χ0) is 24.5. The molecule has 2 N–H and O–H groups in total. The number of benzene rings is 2. The first kappa shape index (κ1) is 25.7. The fourth-order valence-corrected chi connectivity index (χ4v) is 4.75. The van der Waals surface area contributed by atoms with E-state index in [1.807, 2.05) is 0 Å². The number of anilines is 1. The van der Waals surface area contributed by atoms with Crippen LogP contribution in [0.2, 0.25) is 0 Å². The largest absolute Gasteiger partial charge is 0.465 e. The number of hydrogen-bond acceptors (Lipinski definition) is 5. The first-order valence-electron chi connectivity index (χ1n) is 11.3. The van der Waals surface area contributed by atoms with E-state index in [4.69, 9.17) is 0 Å². The molecule has 0 aromatic heterocycles. The van der Waals surface area contributed by atoms with E-state index in [-0.39, 0.29) is 29.0 Å². The lowest BCUT2D eigenvalue weighted by molar-refractivity contribution is -0.119. The van der Waals surface area contributed by atoms with Crippen LogP contribution in [0.15, 0.2) is 41.3 Å². The molecule has 1 fully saturated rings. The molecule has 182 valence electrons. The van der Waals surface area contributed by atoms with E-state index in [0.717, 1.165) is 38.9 Å². The van der Waals surface area contributed by atoms with Gasteiger partial charge in [-0.05, 0) is 31.0 Å². The van der Waals surface area contributed by atoms with Crippen LogP contribution in [-0.2, 0) is 9.53 Å². The summed E-state index contributed by atoms with van der Waals surface area (Å²) in [6.07, 6.45) is 7.82. The van der Waals surface area contributed by atoms with Crippen LogP contribution in [0.3, 0.4) is 0 Å². The van der Waals surface area contributed by atoms with Gasteiger partial charge in [0.15, 0.2) is 0 Å². The predicted molar refractivity (Wildman–Crippen MR) is 127 cm³/mol. The highest BCUT2D eigenvalue weighted by atomic mass is 32.2. The number of nitrogens with one attached hydrogen (secondary N) is 2. The number of thioether (sulfide) groups is 1. The molecule has 0 saturated heterocycles. The van der Waals surface area contributed by atoms with Gasteiger partial charge < -0.3 is 15.4 Å². The van der Waals surface area contributed by atoms with Crippen molar-refractivity contribution in [2.75, 3.05) is 18.2 Å². The molecule has 3 rings (SSSR count). The summed E-state index contributed by atoms with van der Waals surface area (Å²) in [4.78, 5) is 37.6. The van der Waals surface area contributed by atoms with Crippen LogP contribution in [0.4, 0.5) is 14.5 Å². The summed E-state index contributed by atoms with van der Waals surface area (Å²) in [5.41, 5.74) is -0.615. The average molecular weight is 491 g/mol. The molecule has 1 saturated carbocycles. The van der Waals surface area contributed by atoms with Crippen LogP contribution in [0.1, 0.15) is 65.7 Å². The third-order valence-corrected chi connectivity index (χ3v) is 6.74. The summed E-state index contributed by atoms with van der Waals surface area (Å²) in [7, 11) is 1.07. The SMILES string of the molecule is COC(=O)c1cc(NC(=O)c2ccccc2SCC(=O)NC2CCCCCCC2)c(F)cc1F. The van der Waals surface area contributed by atoms with Gasteiger partial charge in [0.1, 0.15) is 11.6 Å². The Morgan fingerprint density at radius 1 is 0.971 bits per heavy atom. The fraction of sp³-hybridized carbons (Fsp3) is 0.400. The Labute approximate surface area is 201 Å². The third-order valence-electron chi connectivity index (χ3n) is 5.67. The standard InChI is InChI=1S/C25H28F2N2O4S/c1-33-25(32)18-13-21(20(27)14-19(18)26)29-24(31)17-11-7-8-12-22(17)34-15-23(30)28-16-9-5-3-2-4-6-10-16/h7-8,11-14,16H,2-6,9-10,15H2,1H3,(H,28,30)(H,29,31). The summed E-state index contributed by atoms with van der Waals surface area (Å²) in [6, 6.07) is 8.22. The first-order valence-corrected chi connectivity index (χ1v) is 12.3. The second kappa shape index (κ2) is 12.5. The number of ether oxygens (including phenoxy) is 1. The molecule has 9 heteroatoms. The third kappa shape index (κ3) is 7.03. The van der Waals surface area contributed by atoms with Gasteiger partial charge in [0.2, 0.25) is 5.91 Å². The van der Waals surface area contributed by atoms with E-state index < -0.39 is 29.1 Å². The van der Waals surface area contributed by atoms with Gasteiger partial charge in [-0.15, -0.1) is 11.8 Å². The van der Waals surface area contributed by atoms with Crippen molar-refractivity contribution in [3.05, 3.63) is 59.2 Å². The van der Waals surface area contributed by atoms with E-state index in [0.29, 0.717) is 11.0 Å². The van der Waals surface area contributed by atoms with Gasteiger partial charge in [0, 0.05) is 17.0 Å². The molecule has 0 unspecified atom stereocenters. The Balaban J connectivity index is 1.66. The highest BCUT2D eigenvalue weighted by molar-refractivity contribution is 8.00. The minimum atomic E-state index is -1.09. The number of halogens is 2. The van der Waals surface area contributed by atoms with Gasteiger partial charge in [0.25, 0.3) is 5.91 Å². The first-order chi connectivity index (χ1) is 16.4. The normalized spacial score (nSPS) is 14.6. The Kier molecular flexibility index (Phi) is 9.44. The number of hydrogen-bond donors (Lipinski definition) is 2. The molecule has 2 aromatic carbocycles. The molecule has 0 spiro atoms. The molecule has 1 aliphatic rings. The van der Waals surface area contributed by atoms with Crippen molar-refractivity contribution in [1.82, 2.24) is 5.32 Å². The van der Waals surface area contributed by atoms with Gasteiger partial charge in [0.05, 0.1) is 29.7 Å². The van der Waals surface area contributed by atoms with Gasteiger partial charge >= 0.3 is 5.97 Å². The van der Waals surface area contributed by atoms with Crippen molar-refractivity contribution in [3.63, 3.8) is 0 Å². The lowest BCUT2D eigenvalue weighted by Gasteiger charge is -2.21. The lowest BCUT2D eigenvalue weighted by atomic mass is 9.97. The number of carbonyl (C=O) groups is 3. The topological polar surface area (TPSA) is 84.5 Å². The van der Waals surface area contributed by atoms with Gasteiger partial charge in [-0.2, -0.15) is 0 Å². The molecule has 0 radical (unpaired) electrons. The van der Waals surface area contributed by atoms with Crippen LogP contribution in [-0.4, -0.2) is 36.7 Å². The maximum atomic E-state index is 14.2. The molecule has 2 aromatic rings. The van der Waals surface area contributed by atoms with Crippen LogP contribution in [0.5, 0.6) is 0 Å². The molecule has 6 nitrogen and oxygen atoms in total. The second-order valence-corrected chi connectivity index (χ2v) is 9.17. The maximum Gasteiger partial charge on any atom is 0.340 e. The number of rotatable bonds is 7. The zero-order valence-corrected chi connectivity index (χ0v) is 19.8. The summed E-state index contributed by atoms with van der Waals surface area (Å²) in [5.74, 6) is -3.71. The van der Waals surface area contributed by atoms with E-state index in [1.54, 1.807) is 24.3 Å². The molecule has 0 heterocycles. The minimum absolute atomic E-state index is 0.0990. The summed E-state index contributed by atoms with van der Waals surface area (Å²) in [6.45, 7) is 0. The number of methoxy groups -OCH3 is 1. The van der Waals surface area contributed by atoms with Gasteiger partial charge in [-0.1, -0.05) is 44.2 Å². The van der Waals surface area contributed by atoms with E-state index in [9.17, 15) is 23.2 Å². The fourth-order valence-electron chi connectivity index (χ4n) is 3.89. The summed E-state index contributed by atoms with van der Waals surface area (Å²) < 4.78 is 32.6. The minimum Gasteiger partial charge on any atom is -0.465 e. The van der Waals surface area contributed by atoms with E-state index in [1.165, 1.54) is 31.0 Å². The van der Waals surface area contributed by atoms with E-state index >= 15 is 0 Å².